The summed E-state index contributed by atoms with van der Waals surface area (Å²) in [5, 5.41) is 1.13. The summed E-state index contributed by atoms with van der Waals surface area (Å²) in [7, 11) is 0. The molecule has 4 nitrogen and oxygen atoms in total. The van der Waals surface area contributed by atoms with Gasteiger partial charge >= 0.3 is 0 Å². The lowest BCUT2D eigenvalue weighted by atomic mass is 10.1. The fraction of sp³-hybridized carbons (Fsp3) is 0.533. The Balaban J connectivity index is 2.19. The number of hydrogen-bond donors (Lipinski definition) is 0. The number of rotatable bonds is 6. The number of amides is 1. The molecule has 0 saturated carbocycles. The maximum absolute atomic E-state index is 12.3. The third kappa shape index (κ3) is 3.32. The molecule has 1 aliphatic heterocycles. The van der Waals surface area contributed by atoms with Crippen LogP contribution in [0.4, 0.5) is 0 Å². The highest BCUT2D eigenvalue weighted by molar-refractivity contribution is 6.20. The zero-order chi connectivity index (χ0) is 14.7. The summed E-state index contributed by atoms with van der Waals surface area (Å²) < 4.78 is 5.84. The molecular formula is C15H20ClNO3. The van der Waals surface area contributed by atoms with Crippen LogP contribution in [0.5, 0.6) is 0 Å². The molecule has 0 saturated heterocycles. The number of halogens is 1. The second kappa shape index (κ2) is 6.57. The maximum Gasteiger partial charge on any atom is 0.280 e. The SMILES string of the molecule is CC(C)COC1c2ccccc2C(=O)N1OCC(C)Cl. The van der Waals surface area contributed by atoms with Crippen LogP contribution in [-0.2, 0) is 9.57 Å². The van der Waals surface area contributed by atoms with Gasteiger partial charge in [-0.15, -0.1) is 11.6 Å². The Morgan fingerprint density at radius 2 is 1.95 bits per heavy atom. The minimum atomic E-state index is -0.489. The van der Waals surface area contributed by atoms with Gasteiger partial charge in [-0.3, -0.25) is 9.63 Å². The summed E-state index contributed by atoms with van der Waals surface area (Å²) in [6.45, 7) is 6.77. The van der Waals surface area contributed by atoms with Crippen LogP contribution in [0.15, 0.2) is 24.3 Å². The number of fused-ring (bicyclic) bond motifs is 1. The standard InChI is InChI=1S/C15H20ClNO3/c1-10(2)8-19-15-13-7-5-4-6-12(13)14(18)17(15)20-9-11(3)16/h4-7,10-11,15H,8-9H2,1-3H3. The van der Waals surface area contributed by atoms with Crippen LogP contribution in [0.25, 0.3) is 0 Å². The number of carbonyl (C=O) groups is 1. The van der Waals surface area contributed by atoms with Crippen molar-refractivity contribution in [3.63, 3.8) is 0 Å². The lowest BCUT2D eigenvalue weighted by Gasteiger charge is -2.25. The van der Waals surface area contributed by atoms with Crippen molar-refractivity contribution < 1.29 is 14.4 Å². The van der Waals surface area contributed by atoms with Gasteiger partial charge in [0.2, 0.25) is 0 Å². The van der Waals surface area contributed by atoms with E-state index in [0.29, 0.717) is 18.1 Å². The predicted octanol–water partition coefficient (Wildman–Crippen LogP) is 3.37. The zero-order valence-corrected chi connectivity index (χ0v) is 12.8. The summed E-state index contributed by atoms with van der Waals surface area (Å²) in [4.78, 5) is 17.9. The molecule has 2 unspecified atom stereocenters. The average Bonchev–Trinajstić information content (AvgIpc) is 2.67. The van der Waals surface area contributed by atoms with Gasteiger partial charge in [-0.1, -0.05) is 32.0 Å². The third-order valence-electron chi connectivity index (χ3n) is 2.90. The molecule has 1 aliphatic rings. The normalized spacial score (nSPS) is 19.6. The number of nitrogens with zero attached hydrogens (tertiary/aromatic N) is 1. The van der Waals surface area contributed by atoms with Crippen molar-refractivity contribution in [1.29, 1.82) is 0 Å². The first-order valence-corrected chi connectivity index (χ1v) is 7.25. The smallest absolute Gasteiger partial charge is 0.280 e. The topological polar surface area (TPSA) is 38.8 Å². The molecule has 0 aliphatic carbocycles. The quantitative estimate of drug-likeness (QED) is 0.756. The van der Waals surface area contributed by atoms with E-state index in [2.05, 4.69) is 13.8 Å². The van der Waals surface area contributed by atoms with E-state index in [9.17, 15) is 4.79 Å². The Bertz CT molecular complexity index is 476. The zero-order valence-electron chi connectivity index (χ0n) is 12.0. The van der Waals surface area contributed by atoms with Crippen molar-refractivity contribution in [2.45, 2.75) is 32.4 Å². The van der Waals surface area contributed by atoms with Crippen molar-refractivity contribution in [3.8, 4) is 0 Å². The van der Waals surface area contributed by atoms with E-state index >= 15 is 0 Å². The Labute approximate surface area is 124 Å². The van der Waals surface area contributed by atoms with Crippen molar-refractivity contribution in [3.05, 3.63) is 35.4 Å². The molecule has 1 aromatic rings. The Morgan fingerprint density at radius 3 is 2.60 bits per heavy atom. The highest BCUT2D eigenvalue weighted by Gasteiger charge is 2.38. The minimum absolute atomic E-state index is 0.169. The highest BCUT2D eigenvalue weighted by atomic mass is 35.5. The molecular weight excluding hydrogens is 278 g/mol. The number of alkyl halides is 1. The lowest BCUT2D eigenvalue weighted by Crippen LogP contribution is -2.32. The molecule has 0 N–H and O–H groups in total. The van der Waals surface area contributed by atoms with Gasteiger partial charge in [-0.2, -0.15) is 5.06 Å². The first-order valence-electron chi connectivity index (χ1n) is 6.81. The summed E-state index contributed by atoms with van der Waals surface area (Å²) in [5.41, 5.74) is 1.48. The van der Waals surface area contributed by atoms with Crippen LogP contribution in [0, 0.1) is 5.92 Å². The number of hydroxylamine groups is 2. The molecule has 20 heavy (non-hydrogen) atoms. The van der Waals surface area contributed by atoms with Crippen molar-refractivity contribution in [2.24, 2.45) is 5.92 Å². The molecule has 5 heteroatoms. The van der Waals surface area contributed by atoms with Crippen molar-refractivity contribution in [1.82, 2.24) is 5.06 Å². The second-order valence-corrected chi connectivity index (χ2v) is 6.12. The first kappa shape index (κ1) is 15.3. The number of ether oxygens (including phenoxy) is 1. The van der Waals surface area contributed by atoms with Gasteiger partial charge in [0, 0.05) is 11.1 Å². The van der Waals surface area contributed by atoms with Crippen LogP contribution in [-0.4, -0.2) is 29.6 Å². The van der Waals surface area contributed by atoms with Gasteiger partial charge in [-0.05, 0) is 18.9 Å². The largest absolute Gasteiger partial charge is 0.351 e. The molecule has 0 fully saturated rings. The van der Waals surface area contributed by atoms with E-state index in [1.807, 2.05) is 25.1 Å². The van der Waals surface area contributed by atoms with E-state index < -0.39 is 6.23 Å². The Morgan fingerprint density at radius 1 is 1.25 bits per heavy atom. The Hall–Kier alpha value is -1.10. The summed E-state index contributed by atoms with van der Waals surface area (Å²) in [6, 6.07) is 7.41. The van der Waals surface area contributed by atoms with Gasteiger partial charge < -0.3 is 4.74 Å². The molecule has 0 bridgehead atoms. The van der Waals surface area contributed by atoms with E-state index in [-0.39, 0.29) is 17.9 Å². The van der Waals surface area contributed by atoms with Crippen LogP contribution in [0.2, 0.25) is 0 Å². The fourth-order valence-corrected chi connectivity index (χ4v) is 2.07. The minimum Gasteiger partial charge on any atom is -0.351 e. The van der Waals surface area contributed by atoms with Gasteiger partial charge in [-0.25, -0.2) is 0 Å². The van der Waals surface area contributed by atoms with Crippen molar-refractivity contribution >= 4 is 17.5 Å². The molecule has 0 radical (unpaired) electrons. The van der Waals surface area contributed by atoms with Crippen LogP contribution < -0.4 is 0 Å². The van der Waals surface area contributed by atoms with E-state index in [1.165, 1.54) is 5.06 Å². The van der Waals surface area contributed by atoms with Gasteiger partial charge in [0.15, 0.2) is 6.23 Å². The lowest BCUT2D eigenvalue weighted by molar-refractivity contribution is -0.217. The molecule has 110 valence electrons. The summed E-state index contributed by atoms with van der Waals surface area (Å²) in [6.07, 6.45) is -0.489. The van der Waals surface area contributed by atoms with Crippen molar-refractivity contribution in [2.75, 3.05) is 13.2 Å². The first-order chi connectivity index (χ1) is 9.50. The van der Waals surface area contributed by atoms with E-state index in [4.69, 9.17) is 21.2 Å². The van der Waals surface area contributed by atoms with E-state index in [0.717, 1.165) is 5.56 Å². The highest BCUT2D eigenvalue weighted by Crippen LogP contribution is 2.34. The molecule has 1 heterocycles. The summed E-state index contributed by atoms with van der Waals surface area (Å²) >= 11 is 5.89. The van der Waals surface area contributed by atoms with Gasteiger partial charge in [0.05, 0.1) is 18.6 Å². The molecule has 2 atom stereocenters. The second-order valence-electron chi connectivity index (χ2n) is 5.37. The fourth-order valence-electron chi connectivity index (χ4n) is 2.01. The predicted molar refractivity (Wildman–Crippen MR) is 77.4 cm³/mol. The van der Waals surface area contributed by atoms with Gasteiger partial charge in [0.1, 0.15) is 0 Å². The van der Waals surface area contributed by atoms with Crippen LogP contribution in [0.1, 0.15) is 42.9 Å². The monoisotopic (exact) mass is 297 g/mol. The maximum atomic E-state index is 12.3. The molecule has 0 spiro atoms. The van der Waals surface area contributed by atoms with E-state index in [1.54, 1.807) is 6.07 Å². The van der Waals surface area contributed by atoms with Gasteiger partial charge in [0.25, 0.3) is 5.91 Å². The average molecular weight is 298 g/mol. The molecule has 1 amide bonds. The van der Waals surface area contributed by atoms with Crippen LogP contribution >= 0.6 is 11.6 Å². The molecule has 0 aromatic heterocycles. The molecule has 2 rings (SSSR count). The van der Waals surface area contributed by atoms with Crippen LogP contribution in [0.3, 0.4) is 0 Å². The Kier molecular flexibility index (Phi) is 5.02. The number of benzene rings is 1. The number of carbonyl (C=O) groups excluding carboxylic acids is 1. The number of hydrogen-bond acceptors (Lipinski definition) is 3. The summed E-state index contributed by atoms with van der Waals surface area (Å²) in [5.74, 6) is 0.207. The molecule has 1 aromatic carbocycles. The third-order valence-corrected chi connectivity index (χ3v) is 3.03.